The first-order valence-corrected chi connectivity index (χ1v) is 9.11. The maximum atomic E-state index is 12.0. The third-order valence-electron chi connectivity index (χ3n) is 4.46. The molecule has 2 heterocycles. The Morgan fingerprint density at radius 2 is 2.00 bits per heavy atom. The highest BCUT2D eigenvalue weighted by Gasteiger charge is 2.41. The summed E-state index contributed by atoms with van der Waals surface area (Å²) in [5.74, 6) is 0.683. The normalized spacial score (nSPS) is 25.6. The van der Waals surface area contributed by atoms with Gasteiger partial charge in [-0.2, -0.15) is 0 Å². The van der Waals surface area contributed by atoms with E-state index in [1.807, 2.05) is 12.1 Å². The fourth-order valence-electron chi connectivity index (χ4n) is 3.22. The number of carbonyl (C=O) groups excluding carboxylic acids is 1. The second-order valence-electron chi connectivity index (χ2n) is 6.12. The second kappa shape index (κ2) is 7.98. The van der Waals surface area contributed by atoms with Gasteiger partial charge < -0.3 is 20.7 Å². The van der Waals surface area contributed by atoms with Crippen LogP contribution in [0.5, 0.6) is 0 Å². The van der Waals surface area contributed by atoms with Crippen LogP contribution in [0.2, 0.25) is 0 Å². The van der Waals surface area contributed by atoms with Crippen molar-refractivity contribution >= 4 is 27.8 Å². The van der Waals surface area contributed by atoms with Crippen molar-refractivity contribution in [1.82, 2.24) is 16.0 Å². The highest BCUT2D eigenvalue weighted by Crippen LogP contribution is 2.34. The van der Waals surface area contributed by atoms with Crippen molar-refractivity contribution in [2.45, 2.75) is 37.5 Å². The zero-order chi connectivity index (χ0) is 16.9. The van der Waals surface area contributed by atoms with Crippen molar-refractivity contribution in [2.75, 3.05) is 20.1 Å². The average Bonchev–Trinajstić information content (AvgIpc) is 3.21. The molecule has 3 rings (SSSR count). The van der Waals surface area contributed by atoms with Crippen LogP contribution in [0.1, 0.15) is 29.6 Å². The summed E-state index contributed by atoms with van der Waals surface area (Å²) in [4.78, 5) is 16.3. The first kappa shape index (κ1) is 17.2. The van der Waals surface area contributed by atoms with Gasteiger partial charge >= 0.3 is 0 Å². The fourth-order valence-corrected chi connectivity index (χ4v) is 3.48. The van der Waals surface area contributed by atoms with Gasteiger partial charge in [0.25, 0.3) is 5.91 Å². The molecule has 0 saturated carbocycles. The van der Waals surface area contributed by atoms with E-state index in [1.165, 1.54) is 6.42 Å². The van der Waals surface area contributed by atoms with Crippen LogP contribution in [0.15, 0.2) is 33.7 Å². The molecule has 2 saturated heterocycles. The van der Waals surface area contributed by atoms with Crippen LogP contribution in [0.25, 0.3) is 0 Å². The van der Waals surface area contributed by atoms with Crippen LogP contribution < -0.4 is 16.0 Å². The molecule has 24 heavy (non-hydrogen) atoms. The first-order chi connectivity index (χ1) is 11.7. The molecule has 3 N–H and O–H groups in total. The number of rotatable bonds is 5. The number of ether oxygens (including phenoxy) is 1. The Bertz CT molecular complexity index is 605. The van der Waals surface area contributed by atoms with Crippen LogP contribution >= 0.6 is 15.9 Å². The van der Waals surface area contributed by atoms with E-state index in [9.17, 15) is 4.79 Å². The van der Waals surface area contributed by atoms with Crippen LogP contribution in [-0.2, 0) is 4.74 Å². The Balaban J connectivity index is 1.37. The number of amides is 1. The third-order valence-corrected chi connectivity index (χ3v) is 4.99. The minimum Gasteiger partial charge on any atom is -0.373 e. The van der Waals surface area contributed by atoms with E-state index >= 15 is 0 Å². The van der Waals surface area contributed by atoms with E-state index in [2.05, 4.69) is 36.9 Å². The number of nitrogens with zero attached hydrogens (tertiary/aromatic N) is 1. The molecule has 7 heteroatoms. The number of benzene rings is 1. The molecule has 3 atom stereocenters. The topological polar surface area (TPSA) is 74.8 Å². The quantitative estimate of drug-likeness (QED) is 0.403. The van der Waals surface area contributed by atoms with Crippen LogP contribution in [0.3, 0.4) is 0 Å². The fraction of sp³-hybridized carbons (Fsp3) is 0.529. The lowest BCUT2D eigenvalue weighted by Crippen LogP contribution is -2.48. The van der Waals surface area contributed by atoms with Crippen LogP contribution in [0, 0.1) is 0 Å². The van der Waals surface area contributed by atoms with Crippen molar-refractivity contribution in [3.05, 3.63) is 34.3 Å². The summed E-state index contributed by atoms with van der Waals surface area (Å²) in [7, 11) is 1.75. The molecule has 0 aromatic heterocycles. The Morgan fingerprint density at radius 1 is 1.25 bits per heavy atom. The average molecular weight is 395 g/mol. The molecule has 1 amide bonds. The number of fused-ring (bicyclic) bond motifs is 2. The summed E-state index contributed by atoms with van der Waals surface area (Å²) < 4.78 is 6.80. The number of nitrogens with one attached hydrogen (secondary N) is 3. The summed E-state index contributed by atoms with van der Waals surface area (Å²) in [6.07, 6.45) is 4.08. The Hall–Kier alpha value is -1.60. The van der Waals surface area contributed by atoms with Crippen molar-refractivity contribution in [1.29, 1.82) is 0 Å². The van der Waals surface area contributed by atoms with Crippen molar-refractivity contribution in [2.24, 2.45) is 4.99 Å². The molecule has 130 valence electrons. The van der Waals surface area contributed by atoms with E-state index in [1.54, 1.807) is 19.2 Å². The predicted molar refractivity (Wildman–Crippen MR) is 97.3 cm³/mol. The second-order valence-corrected chi connectivity index (χ2v) is 7.04. The molecule has 2 aliphatic rings. The number of guanidine groups is 1. The maximum Gasteiger partial charge on any atom is 0.251 e. The molecule has 2 aliphatic heterocycles. The number of hydrogen-bond donors (Lipinski definition) is 3. The molecule has 2 bridgehead atoms. The summed E-state index contributed by atoms with van der Waals surface area (Å²) in [6, 6.07) is 7.64. The SMILES string of the molecule is CN=C(NCCNC(=O)c1ccc(Br)cc1)NC1CC2CCC1O2. The van der Waals surface area contributed by atoms with Crippen molar-refractivity contribution < 1.29 is 9.53 Å². The summed E-state index contributed by atoms with van der Waals surface area (Å²) in [5.41, 5.74) is 0.653. The largest absolute Gasteiger partial charge is 0.373 e. The number of aliphatic imine (C=N–C) groups is 1. The molecule has 6 nitrogen and oxygen atoms in total. The smallest absolute Gasteiger partial charge is 0.251 e. The van der Waals surface area contributed by atoms with Crippen molar-refractivity contribution in [3.63, 3.8) is 0 Å². The lowest BCUT2D eigenvalue weighted by atomic mass is 9.96. The van der Waals surface area contributed by atoms with Gasteiger partial charge in [-0.05, 0) is 43.5 Å². The molecular weight excluding hydrogens is 372 g/mol. The van der Waals surface area contributed by atoms with E-state index in [4.69, 9.17) is 4.74 Å². The van der Waals surface area contributed by atoms with E-state index < -0.39 is 0 Å². The van der Waals surface area contributed by atoms with Gasteiger partial charge in [0.1, 0.15) is 0 Å². The molecule has 2 fully saturated rings. The standard InChI is InChI=1S/C17H23BrN4O2/c1-19-17(22-14-10-13-6-7-15(14)24-13)21-9-8-20-16(23)11-2-4-12(18)5-3-11/h2-5,13-15H,6-10H2,1H3,(H,20,23)(H2,19,21,22). The van der Waals surface area contributed by atoms with E-state index in [0.717, 1.165) is 23.3 Å². The van der Waals surface area contributed by atoms with E-state index in [-0.39, 0.29) is 5.91 Å². The first-order valence-electron chi connectivity index (χ1n) is 8.32. The highest BCUT2D eigenvalue weighted by atomic mass is 79.9. The molecule has 1 aromatic rings. The van der Waals surface area contributed by atoms with Gasteiger partial charge in [-0.3, -0.25) is 9.79 Å². The van der Waals surface area contributed by atoms with Crippen LogP contribution in [-0.4, -0.2) is 50.3 Å². The molecular formula is C17H23BrN4O2. The van der Waals surface area contributed by atoms with Gasteiger partial charge in [-0.1, -0.05) is 15.9 Å². The minimum absolute atomic E-state index is 0.0752. The molecule has 0 spiro atoms. The van der Waals surface area contributed by atoms with Gasteiger partial charge in [0, 0.05) is 30.2 Å². The lowest BCUT2D eigenvalue weighted by Gasteiger charge is -2.22. The zero-order valence-corrected chi connectivity index (χ0v) is 15.3. The van der Waals surface area contributed by atoms with Gasteiger partial charge in [0.2, 0.25) is 0 Å². The monoisotopic (exact) mass is 394 g/mol. The van der Waals surface area contributed by atoms with Gasteiger partial charge in [-0.25, -0.2) is 0 Å². The van der Waals surface area contributed by atoms with Gasteiger partial charge in [0.15, 0.2) is 5.96 Å². The summed E-state index contributed by atoms with van der Waals surface area (Å²) in [6.45, 7) is 1.15. The van der Waals surface area contributed by atoms with Crippen LogP contribution in [0.4, 0.5) is 0 Å². The molecule has 0 radical (unpaired) electrons. The Labute approximate surface area is 150 Å². The Morgan fingerprint density at radius 3 is 2.62 bits per heavy atom. The maximum absolute atomic E-state index is 12.0. The third kappa shape index (κ3) is 4.27. The number of carbonyl (C=O) groups is 1. The number of halogens is 1. The predicted octanol–water partition coefficient (Wildman–Crippen LogP) is 1.66. The molecule has 1 aromatic carbocycles. The van der Waals surface area contributed by atoms with E-state index in [0.29, 0.717) is 36.9 Å². The summed E-state index contributed by atoms with van der Waals surface area (Å²) >= 11 is 3.36. The number of hydrogen-bond acceptors (Lipinski definition) is 3. The minimum atomic E-state index is -0.0752. The molecule has 3 unspecified atom stereocenters. The van der Waals surface area contributed by atoms with Gasteiger partial charge in [-0.15, -0.1) is 0 Å². The highest BCUT2D eigenvalue weighted by molar-refractivity contribution is 9.10. The van der Waals surface area contributed by atoms with Gasteiger partial charge in [0.05, 0.1) is 18.2 Å². The summed E-state index contributed by atoms with van der Waals surface area (Å²) in [5, 5.41) is 9.55. The molecule has 0 aliphatic carbocycles. The lowest BCUT2D eigenvalue weighted by molar-refractivity contribution is 0.0954. The zero-order valence-electron chi connectivity index (χ0n) is 13.7. The Kier molecular flexibility index (Phi) is 5.73. The van der Waals surface area contributed by atoms with Crippen molar-refractivity contribution in [3.8, 4) is 0 Å².